The van der Waals surface area contributed by atoms with Gasteiger partial charge in [0.1, 0.15) is 5.69 Å². The summed E-state index contributed by atoms with van der Waals surface area (Å²) in [5, 5.41) is 6.19. The molecule has 0 radical (unpaired) electrons. The molecule has 0 aromatic carbocycles. The summed E-state index contributed by atoms with van der Waals surface area (Å²) >= 11 is 1.64. The lowest BCUT2D eigenvalue weighted by atomic mass is 10.2. The zero-order valence-electron chi connectivity index (χ0n) is 11.5. The highest BCUT2D eigenvalue weighted by Gasteiger charge is 2.25. The Bertz CT molecular complexity index is 588. The first-order valence-corrected chi connectivity index (χ1v) is 6.91. The molecule has 0 spiro atoms. The molecule has 6 heteroatoms. The maximum absolute atomic E-state index is 12.5. The monoisotopic (exact) mass is 278 g/mol. The standard InChI is InChI=1S/C13H18N4OS/c1-8-11(14)12(17(4)15-8)13(18)16(3)9(2)10-6-5-7-19-10/h5-7,9H,14H2,1-4H3. The minimum Gasteiger partial charge on any atom is -0.395 e. The SMILES string of the molecule is Cc1nn(C)c(C(=O)N(C)C(C)c2cccs2)c1N. The van der Waals surface area contributed by atoms with Gasteiger partial charge in [-0.25, -0.2) is 0 Å². The maximum atomic E-state index is 12.5. The van der Waals surface area contributed by atoms with Gasteiger partial charge in [0, 0.05) is 19.0 Å². The Labute approximate surface area is 116 Å². The number of anilines is 1. The fourth-order valence-electron chi connectivity index (χ4n) is 1.99. The van der Waals surface area contributed by atoms with E-state index in [-0.39, 0.29) is 11.9 Å². The summed E-state index contributed by atoms with van der Waals surface area (Å²) in [6.07, 6.45) is 0. The van der Waals surface area contributed by atoms with E-state index in [2.05, 4.69) is 5.10 Å². The first-order valence-electron chi connectivity index (χ1n) is 6.03. The van der Waals surface area contributed by atoms with Crippen molar-refractivity contribution >= 4 is 22.9 Å². The summed E-state index contributed by atoms with van der Waals surface area (Å²) in [4.78, 5) is 15.4. The molecule has 0 aliphatic carbocycles. The van der Waals surface area contributed by atoms with Crippen molar-refractivity contribution < 1.29 is 4.79 Å². The van der Waals surface area contributed by atoms with Crippen molar-refractivity contribution in [3.63, 3.8) is 0 Å². The highest BCUT2D eigenvalue weighted by molar-refractivity contribution is 7.10. The molecule has 0 aliphatic heterocycles. The van der Waals surface area contributed by atoms with E-state index in [0.717, 1.165) is 4.88 Å². The van der Waals surface area contributed by atoms with Crippen molar-refractivity contribution in [2.45, 2.75) is 19.9 Å². The predicted octanol–water partition coefficient (Wildman–Crippen LogP) is 2.21. The summed E-state index contributed by atoms with van der Waals surface area (Å²) in [5.74, 6) is -0.110. The van der Waals surface area contributed by atoms with E-state index in [0.29, 0.717) is 17.1 Å². The van der Waals surface area contributed by atoms with E-state index in [1.54, 1.807) is 41.9 Å². The van der Waals surface area contributed by atoms with Crippen LogP contribution in [0.1, 0.15) is 34.0 Å². The highest BCUT2D eigenvalue weighted by atomic mass is 32.1. The molecule has 0 saturated carbocycles. The van der Waals surface area contributed by atoms with Crippen LogP contribution in [-0.4, -0.2) is 27.6 Å². The van der Waals surface area contributed by atoms with Crippen LogP contribution >= 0.6 is 11.3 Å². The zero-order valence-corrected chi connectivity index (χ0v) is 12.4. The number of rotatable bonds is 3. The maximum Gasteiger partial charge on any atom is 0.274 e. The normalized spacial score (nSPS) is 12.4. The van der Waals surface area contributed by atoms with Gasteiger partial charge in [-0.15, -0.1) is 11.3 Å². The number of carbonyl (C=O) groups is 1. The van der Waals surface area contributed by atoms with E-state index >= 15 is 0 Å². The van der Waals surface area contributed by atoms with Crippen LogP contribution in [0.5, 0.6) is 0 Å². The van der Waals surface area contributed by atoms with Gasteiger partial charge in [0.2, 0.25) is 0 Å². The average molecular weight is 278 g/mol. The number of amides is 1. The van der Waals surface area contributed by atoms with Crippen LogP contribution in [0.15, 0.2) is 17.5 Å². The number of aryl methyl sites for hydroxylation is 2. The Morgan fingerprint density at radius 1 is 1.58 bits per heavy atom. The number of nitrogens with zero attached hydrogens (tertiary/aromatic N) is 3. The second kappa shape index (κ2) is 5.05. The molecule has 0 saturated heterocycles. The average Bonchev–Trinajstić information content (AvgIpc) is 2.97. The summed E-state index contributed by atoms with van der Waals surface area (Å²) in [7, 11) is 3.52. The number of hydrogen-bond donors (Lipinski definition) is 1. The predicted molar refractivity (Wildman–Crippen MR) is 77.2 cm³/mol. The van der Waals surface area contributed by atoms with E-state index in [1.807, 2.05) is 24.4 Å². The Balaban J connectivity index is 2.29. The molecule has 0 fully saturated rings. The number of carbonyl (C=O) groups excluding carboxylic acids is 1. The van der Waals surface area contributed by atoms with Crippen LogP contribution < -0.4 is 5.73 Å². The smallest absolute Gasteiger partial charge is 0.274 e. The highest BCUT2D eigenvalue weighted by Crippen LogP contribution is 2.26. The molecule has 5 nitrogen and oxygen atoms in total. The molecule has 1 atom stereocenters. The lowest BCUT2D eigenvalue weighted by Gasteiger charge is -2.24. The van der Waals surface area contributed by atoms with Crippen molar-refractivity contribution in [1.29, 1.82) is 0 Å². The minimum absolute atomic E-state index is 0.0158. The largest absolute Gasteiger partial charge is 0.395 e. The molecule has 1 amide bonds. The Morgan fingerprint density at radius 2 is 2.26 bits per heavy atom. The van der Waals surface area contributed by atoms with Crippen molar-refractivity contribution in [2.24, 2.45) is 7.05 Å². The van der Waals surface area contributed by atoms with Crippen LogP contribution in [0.25, 0.3) is 0 Å². The number of nitrogens with two attached hydrogens (primary N) is 1. The summed E-state index contributed by atoms with van der Waals surface area (Å²) in [5.41, 5.74) is 7.52. The van der Waals surface area contributed by atoms with Crippen LogP contribution in [0, 0.1) is 6.92 Å². The summed E-state index contributed by atoms with van der Waals surface area (Å²) in [6.45, 7) is 3.80. The van der Waals surface area contributed by atoms with Gasteiger partial charge < -0.3 is 10.6 Å². The molecule has 2 aromatic heterocycles. The van der Waals surface area contributed by atoms with Gasteiger partial charge in [-0.05, 0) is 25.3 Å². The third-order valence-electron chi connectivity index (χ3n) is 3.33. The number of hydrogen-bond acceptors (Lipinski definition) is 4. The minimum atomic E-state index is -0.110. The second-order valence-electron chi connectivity index (χ2n) is 4.58. The molecular formula is C13H18N4OS. The molecule has 2 aromatic rings. The second-order valence-corrected chi connectivity index (χ2v) is 5.56. The van der Waals surface area contributed by atoms with Crippen LogP contribution in [0.2, 0.25) is 0 Å². The van der Waals surface area contributed by atoms with Gasteiger partial charge in [0.15, 0.2) is 0 Å². The van der Waals surface area contributed by atoms with Crippen LogP contribution in [0.4, 0.5) is 5.69 Å². The van der Waals surface area contributed by atoms with Gasteiger partial charge in [-0.1, -0.05) is 6.07 Å². The number of thiophene rings is 1. The third kappa shape index (κ3) is 2.35. The zero-order chi connectivity index (χ0) is 14.2. The van der Waals surface area contributed by atoms with E-state index < -0.39 is 0 Å². The van der Waals surface area contributed by atoms with Gasteiger partial charge in [0.05, 0.1) is 17.4 Å². The first-order chi connectivity index (χ1) is 8.93. The molecule has 0 bridgehead atoms. The van der Waals surface area contributed by atoms with Crippen molar-refractivity contribution in [3.05, 3.63) is 33.8 Å². The van der Waals surface area contributed by atoms with Crippen molar-refractivity contribution in [1.82, 2.24) is 14.7 Å². The van der Waals surface area contributed by atoms with Gasteiger partial charge >= 0.3 is 0 Å². The summed E-state index contributed by atoms with van der Waals surface area (Å²) in [6, 6.07) is 4.02. The van der Waals surface area contributed by atoms with Gasteiger partial charge in [0.25, 0.3) is 5.91 Å². The fourth-order valence-corrected chi connectivity index (χ4v) is 2.82. The Hall–Kier alpha value is -1.82. The van der Waals surface area contributed by atoms with Crippen LogP contribution in [0.3, 0.4) is 0 Å². The van der Waals surface area contributed by atoms with E-state index in [1.165, 1.54) is 0 Å². The molecule has 1 unspecified atom stereocenters. The summed E-state index contributed by atoms with van der Waals surface area (Å²) < 4.78 is 1.55. The fraction of sp³-hybridized carbons (Fsp3) is 0.385. The third-order valence-corrected chi connectivity index (χ3v) is 4.37. The molecular weight excluding hydrogens is 260 g/mol. The van der Waals surface area contributed by atoms with E-state index in [4.69, 9.17) is 5.73 Å². The first kappa shape index (κ1) is 13.6. The quantitative estimate of drug-likeness (QED) is 0.936. The molecule has 2 rings (SSSR count). The van der Waals surface area contributed by atoms with Crippen molar-refractivity contribution in [3.8, 4) is 0 Å². The number of nitrogen functional groups attached to an aromatic ring is 1. The molecule has 2 N–H and O–H groups in total. The van der Waals surface area contributed by atoms with Crippen molar-refractivity contribution in [2.75, 3.05) is 12.8 Å². The molecule has 102 valence electrons. The van der Waals surface area contributed by atoms with Gasteiger partial charge in [-0.3, -0.25) is 9.48 Å². The Morgan fingerprint density at radius 3 is 2.74 bits per heavy atom. The van der Waals surface area contributed by atoms with Gasteiger partial charge in [-0.2, -0.15) is 5.10 Å². The molecule has 19 heavy (non-hydrogen) atoms. The topological polar surface area (TPSA) is 64.2 Å². The molecule has 2 heterocycles. The lowest BCUT2D eigenvalue weighted by molar-refractivity contribution is 0.0735. The van der Waals surface area contributed by atoms with E-state index in [9.17, 15) is 4.79 Å². The lowest BCUT2D eigenvalue weighted by Crippen LogP contribution is -2.31. The van der Waals surface area contributed by atoms with Crippen LogP contribution in [-0.2, 0) is 7.05 Å². The number of aromatic nitrogens is 2. The molecule has 0 aliphatic rings. The Kier molecular flexibility index (Phi) is 3.61.